The molecular formula is C39H37N5O3. The predicted octanol–water partition coefficient (Wildman–Crippen LogP) is 6.34. The van der Waals surface area contributed by atoms with E-state index in [2.05, 4.69) is 11.9 Å². The first kappa shape index (κ1) is 32.4. The summed E-state index contributed by atoms with van der Waals surface area (Å²) in [5, 5.41) is 2.77. The lowest BCUT2D eigenvalue weighted by molar-refractivity contribution is 0.0757. The Morgan fingerprint density at radius 2 is 1.28 bits per heavy atom. The molecule has 236 valence electrons. The molecule has 8 nitrogen and oxygen atoms in total. The Labute approximate surface area is 274 Å². The van der Waals surface area contributed by atoms with Crippen molar-refractivity contribution in [1.29, 1.82) is 0 Å². The van der Waals surface area contributed by atoms with E-state index >= 15 is 0 Å². The first-order valence-corrected chi connectivity index (χ1v) is 15.2. The normalized spacial score (nSPS) is 12.1. The fourth-order valence-corrected chi connectivity index (χ4v) is 5.25. The zero-order valence-electron chi connectivity index (χ0n) is 26.0. The average Bonchev–Trinajstić information content (AvgIpc) is 3.09. The van der Waals surface area contributed by atoms with Gasteiger partial charge in [0.2, 0.25) is 0 Å². The van der Waals surface area contributed by atoms with Crippen LogP contribution >= 0.6 is 0 Å². The molecule has 2 amide bonds. The first-order valence-electron chi connectivity index (χ1n) is 15.2. The summed E-state index contributed by atoms with van der Waals surface area (Å²) in [4.78, 5) is 39.1. The number of amides is 2. The van der Waals surface area contributed by atoms with Gasteiger partial charge in [-0.15, -0.1) is 0 Å². The Balaban J connectivity index is 0.000000207. The highest BCUT2D eigenvalue weighted by molar-refractivity contribution is 6.06. The van der Waals surface area contributed by atoms with Gasteiger partial charge >= 0.3 is 0 Å². The fourth-order valence-electron chi connectivity index (χ4n) is 5.25. The van der Waals surface area contributed by atoms with Crippen LogP contribution in [-0.2, 0) is 19.5 Å². The summed E-state index contributed by atoms with van der Waals surface area (Å²) < 4.78 is 0. The molecule has 1 heterocycles. The highest BCUT2D eigenvalue weighted by Crippen LogP contribution is 2.27. The molecule has 0 saturated heterocycles. The van der Waals surface area contributed by atoms with Gasteiger partial charge < -0.3 is 27.4 Å². The second-order valence-electron chi connectivity index (χ2n) is 11.2. The number of nitrogens with two attached hydrogens (primary N) is 3. The molecule has 6 rings (SSSR count). The minimum Gasteiger partial charge on any atom is -0.398 e. The van der Waals surface area contributed by atoms with E-state index in [9.17, 15) is 14.4 Å². The summed E-state index contributed by atoms with van der Waals surface area (Å²) in [5.74, 6) is -0.157. The maximum absolute atomic E-state index is 12.8. The molecule has 0 bridgehead atoms. The van der Waals surface area contributed by atoms with Crippen molar-refractivity contribution in [3.8, 4) is 0 Å². The van der Waals surface area contributed by atoms with Gasteiger partial charge in [-0.3, -0.25) is 14.4 Å². The molecule has 0 spiro atoms. The molecule has 0 fully saturated rings. The number of nitrogens with one attached hydrogen (secondary N) is 1. The molecule has 5 aromatic carbocycles. The predicted molar refractivity (Wildman–Crippen MR) is 189 cm³/mol. The number of rotatable bonds is 8. The molecular weight excluding hydrogens is 586 g/mol. The molecule has 0 saturated carbocycles. The highest BCUT2D eigenvalue weighted by atomic mass is 16.2. The molecule has 1 aliphatic heterocycles. The van der Waals surface area contributed by atoms with E-state index in [4.69, 9.17) is 17.2 Å². The van der Waals surface area contributed by atoms with Crippen LogP contribution in [0.15, 0.2) is 128 Å². The third kappa shape index (κ3) is 8.00. The van der Waals surface area contributed by atoms with Crippen molar-refractivity contribution in [2.24, 2.45) is 5.73 Å². The Kier molecular flexibility index (Phi) is 10.2. The van der Waals surface area contributed by atoms with Crippen LogP contribution in [0, 0.1) is 0 Å². The van der Waals surface area contributed by atoms with Crippen LogP contribution in [0.4, 0.5) is 17.1 Å². The lowest BCUT2D eigenvalue weighted by Crippen LogP contribution is -2.36. The second kappa shape index (κ2) is 14.9. The van der Waals surface area contributed by atoms with Gasteiger partial charge in [0.15, 0.2) is 5.78 Å². The SMILES string of the molecule is C=C1CN(Cc2ccc(C(=O)Cc3ccccc3N)cc2)C(=O)c2ccccc21.NCc1ccc(C(=O)Nc2ccccc2N)cc1. The van der Waals surface area contributed by atoms with E-state index in [-0.39, 0.29) is 24.0 Å². The summed E-state index contributed by atoms with van der Waals surface area (Å²) in [6, 6.07) is 36.7. The Bertz CT molecular complexity index is 1920. The van der Waals surface area contributed by atoms with Crippen LogP contribution in [0.3, 0.4) is 0 Å². The summed E-state index contributed by atoms with van der Waals surface area (Å²) in [6.07, 6.45) is 0.271. The van der Waals surface area contributed by atoms with E-state index in [1.54, 1.807) is 35.2 Å². The fraction of sp³-hybridized carbons (Fsp3) is 0.103. The van der Waals surface area contributed by atoms with Crippen molar-refractivity contribution >= 4 is 40.2 Å². The Hall–Kier alpha value is -5.99. The summed E-state index contributed by atoms with van der Waals surface area (Å²) in [6.45, 7) is 5.57. The van der Waals surface area contributed by atoms with E-state index in [0.717, 1.165) is 27.8 Å². The number of nitrogen functional groups attached to an aromatic ring is 2. The molecule has 0 atom stereocenters. The van der Waals surface area contributed by atoms with Gasteiger partial charge in [0.05, 0.1) is 11.4 Å². The molecule has 0 aromatic heterocycles. The molecule has 7 N–H and O–H groups in total. The maximum Gasteiger partial charge on any atom is 0.255 e. The number of carbonyl (C=O) groups excluding carboxylic acids is 3. The second-order valence-corrected chi connectivity index (χ2v) is 11.2. The van der Waals surface area contributed by atoms with Gasteiger partial charge in [0.25, 0.3) is 11.8 Å². The number of ketones is 1. The smallest absolute Gasteiger partial charge is 0.255 e. The van der Waals surface area contributed by atoms with Crippen LogP contribution < -0.4 is 22.5 Å². The summed E-state index contributed by atoms with van der Waals surface area (Å²) >= 11 is 0. The van der Waals surface area contributed by atoms with E-state index in [0.29, 0.717) is 53.4 Å². The van der Waals surface area contributed by atoms with Crippen molar-refractivity contribution in [2.75, 3.05) is 23.3 Å². The molecule has 47 heavy (non-hydrogen) atoms. The average molecular weight is 624 g/mol. The molecule has 1 aliphatic rings. The first-order chi connectivity index (χ1) is 22.7. The quantitative estimate of drug-likeness (QED) is 0.117. The number of para-hydroxylation sites is 3. The Morgan fingerprint density at radius 3 is 1.94 bits per heavy atom. The zero-order chi connectivity index (χ0) is 33.3. The molecule has 8 heteroatoms. The number of anilines is 3. The van der Waals surface area contributed by atoms with Gasteiger partial charge in [0, 0.05) is 48.4 Å². The van der Waals surface area contributed by atoms with Gasteiger partial charge in [-0.1, -0.05) is 91.5 Å². The maximum atomic E-state index is 12.8. The lowest BCUT2D eigenvalue weighted by atomic mass is 9.95. The van der Waals surface area contributed by atoms with Crippen molar-refractivity contribution in [1.82, 2.24) is 4.90 Å². The standard InChI is InChI=1S/C25H22N2O2.C14H15N3O/c1-17-15-27(25(29)22-8-4-3-7-21(17)22)16-18-10-12-19(13-11-18)24(28)14-20-6-2-5-9-23(20)26;15-9-10-5-7-11(8-6-10)14(18)17-13-4-2-1-3-12(13)16/h2-13H,1,14-16,26H2;1-8H,9,15-16H2,(H,17,18). The number of hydrogen-bond acceptors (Lipinski definition) is 6. The number of Topliss-reactive ketones (excluding diaryl/α,β-unsaturated/α-hetero) is 1. The van der Waals surface area contributed by atoms with Crippen molar-refractivity contribution in [3.05, 3.63) is 167 Å². The largest absolute Gasteiger partial charge is 0.398 e. The molecule has 0 radical (unpaired) electrons. The lowest BCUT2D eigenvalue weighted by Gasteiger charge is -2.30. The highest BCUT2D eigenvalue weighted by Gasteiger charge is 2.26. The van der Waals surface area contributed by atoms with E-state index < -0.39 is 0 Å². The minimum atomic E-state index is -0.184. The van der Waals surface area contributed by atoms with Crippen LogP contribution in [0.1, 0.15) is 53.3 Å². The summed E-state index contributed by atoms with van der Waals surface area (Å²) in [5.41, 5.74) is 25.6. The third-order valence-electron chi connectivity index (χ3n) is 7.92. The number of carbonyl (C=O) groups is 3. The van der Waals surface area contributed by atoms with Gasteiger partial charge in [0.1, 0.15) is 0 Å². The summed E-state index contributed by atoms with van der Waals surface area (Å²) in [7, 11) is 0. The van der Waals surface area contributed by atoms with Gasteiger partial charge in [-0.05, 0) is 64.2 Å². The topological polar surface area (TPSA) is 145 Å². The Morgan fingerprint density at radius 1 is 0.702 bits per heavy atom. The van der Waals surface area contributed by atoms with E-state index in [1.165, 1.54) is 0 Å². The number of fused-ring (bicyclic) bond motifs is 1. The van der Waals surface area contributed by atoms with Crippen molar-refractivity contribution < 1.29 is 14.4 Å². The molecule has 5 aromatic rings. The van der Waals surface area contributed by atoms with Crippen molar-refractivity contribution in [3.63, 3.8) is 0 Å². The third-order valence-corrected chi connectivity index (χ3v) is 7.92. The van der Waals surface area contributed by atoms with E-state index in [1.807, 2.05) is 91.0 Å². The molecule has 0 aliphatic carbocycles. The van der Waals surface area contributed by atoms with Crippen molar-refractivity contribution in [2.45, 2.75) is 19.5 Å². The zero-order valence-corrected chi connectivity index (χ0v) is 26.0. The van der Waals surface area contributed by atoms with Crippen LogP contribution in [0.2, 0.25) is 0 Å². The number of hydrogen-bond donors (Lipinski definition) is 4. The molecule has 0 unspecified atom stereocenters. The van der Waals surface area contributed by atoms with Gasteiger partial charge in [-0.2, -0.15) is 0 Å². The van der Waals surface area contributed by atoms with Crippen LogP contribution in [-0.4, -0.2) is 29.0 Å². The monoisotopic (exact) mass is 623 g/mol. The van der Waals surface area contributed by atoms with Crippen LogP contribution in [0.25, 0.3) is 5.57 Å². The number of benzene rings is 5. The minimum absolute atomic E-state index is 0.00713. The number of nitrogens with zero attached hydrogens (tertiary/aromatic N) is 1. The van der Waals surface area contributed by atoms with Crippen LogP contribution in [0.5, 0.6) is 0 Å². The van der Waals surface area contributed by atoms with Gasteiger partial charge in [-0.25, -0.2) is 0 Å².